The Morgan fingerprint density at radius 3 is 2.50 bits per heavy atom. The molecule has 1 atom stereocenters. The molecule has 1 aromatic rings. The molecular weight excluding hydrogens is 266 g/mol. The second-order valence-electron chi connectivity index (χ2n) is 7.21. The quantitative estimate of drug-likeness (QED) is 0.621. The molecule has 1 heteroatoms. The third-order valence-electron chi connectivity index (χ3n) is 5.56. The molecule has 1 fully saturated rings. The lowest BCUT2D eigenvalue weighted by Crippen LogP contribution is -2.24. The average Bonchev–Trinajstić information content (AvgIpc) is 3.09. The van der Waals surface area contributed by atoms with Gasteiger partial charge in [0, 0.05) is 11.6 Å². The monoisotopic (exact) mass is 295 g/mol. The Morgan fingerprint density at radius 1 is 1.18 bits per heavy atom. The van der Waals surface area contributed by atoms with Crippen LogP contribution in [0.1, 0.15) is 63.0 Å². The van der Waals surface area contributed by atoms with Crippen molar-refractivity contribution in [1.82, 2.24) is 0 Å². The topological polar surface area (TPSA) is 12.4 Å². The molecule has 1 heterocycles. The maximum atomic E-state index is 5.25. The molecule has 0 amide bonds. The van der Waals surface area contributed by atoms with Gasteiger partial charge >= 0.3 is 0 Å². The second kappa shape index (κ2) is 6.40. The van der Waals surface area contributed by atoms with Crippen LogP contribution in [0.4, 0.5) is 0 Å². The van der Waals surface area contributed by atoms with E-state index in [1.807, 2.05) is 0 Å². The molecule has 0 N–H and O–H groups in total. The Hall–Kier alpha value is -1.37. The van der Waals surface area contributed by atoms with Crippen LogP contribution < -0.4 is 0 Å². The lowest BCUT2D eigenvalue weighted by molar-refractivity contribution is 0.515. The number of aryl methyl sites for hydroxylation is 1. The van der Waals surface area contributed by atoms with Crippen LogP contribution in [-0.4, -0.2) is 11.3 Å². The second-order valence-corrected chi connectivity index (χ2v) is 7.21. The van der Waals surface area contributed by atoms with E-state index in [1.165, 1.54) is 60.9 Å². The largest absolute Gasteiger partial charge is 0.282 e. The van der Waals surface area contributed by atoms with E-state index in [0.29, 0.717) is 5.92 Å². The van der Waals surface area contributed by atoms with Crippen molar-refractivity contribution in [3.63, 3.8) is 0 Å². The number of benzene rings is 1. The van der Waals surface area contributed by atoms with E-state index in [9.17, 15) is 0 Å². The van der Waals surface area contributed by atoms with Gasteiger partial charge in [-0.05, 0) is 50.2 Å². The van der Waals surface area contributed by atoms with Crippen molar-refractivity contribution in [1.29, 1.82) is 0 Å². The molecule has 1 unspecified atom stereocenters. The number of rotatable bonds is 5. The Morgan fingerprint density at radius 2 is 1.86 bits per heavy atom. The smallest absolute Gasteiger partial charge is 0.0820 e. The third kappa shape index (κ3) is 2.91. The summed E-state index contributed by atoms with van der Waals surface area (Å²) in [5, 5.41) is 0. The van der Waals surface area contributed by atoms with Crippen molar-refractivity contribution in [3.8, 4) is 0 Å². The summed E-state index contributed by atoms with van der Waals surface area (Å²) in [7, 11) is 0. The van der Waals surface area contributed by atoms with E-state index in [2.05, 4.69) is 44.7 Å². The maximum Gasteiger partial charge on any atom is 0.0820 e. The molecule has 1 saturated carbocycles. The van der Waals surface area contributed by atoms with E-state index >= 15 is 0 Å². The van der Waals surface area contributed by atoms with Crippen LogP contribution in [-0.2, 0) is 6.42 Å². The predicted molar refractivity (Wildman–Crippen MR) is 95.7 cm³/mol. The lowest BCUT2D eigenvalue weighted by Gasteiger charge is -2.24. The molecule has 1 spiro atoms. The molecular formula is C21H29N. The van der Waals surface area contributed by atoms with Crippen LogP contribution in [0, 0.1) is 12.8 Å². The molecule has 1 aliphatic heterocycles. The van der Waals surface area contributed by atoms with Crippen LogP contribution in [0.3, 0.4) is 0 Å². The van der Waals surface area contributed by atoms with Gasteiger partial charge in [-0.2, -0.15) is 0 Å². The summed E-state index contributed by atoms with van der Waals surface area (Å²) in [4.78, 5) is 5.25. The Balaban J connectivity index is 1.82. The van der Waals surface area contributed by atoms with Gasteiger partial charge < -0.3 is 0 Å². The van der Waals surface area contributed by atoms with E-state index in [-0.39, 0.29) is 5.54 Å². The Kier molecular flexibility index (Phi) is 4.52. The van der Waals surface area contributed by atoms with Crippen LogP contribution in [0.15, 0.2) is 41.4 Å². The first-order valence-corrected chi connectivity index (χ1v) is 8.98. The van der Waals surface area contributed by atoms with E-state index < -0.39 is 0 Å². The first-order valence-electron chi connectivity index (χ1n) is 8.98. The summed E-state index contributed by atoms with van der Waals surface area (Å²) >= 11 is 0. The molecule has 0 radical (unpaired) electrons. The summed E-state index contributed by atoms with van der Waals surface area (Å²) < 4.78 is 0. The molecule has 0 bridgehead atoms. The van der Waals surface area contributed by atoms with E-state index in [1.54, 1.807) is 0 Å². The summed E-state index contributed by atoms with van der Waals surface area (Å²) in [6.07, 6.45) is 9.85. The minimum atomic E-state index is 0.110. The van der Waals surface area contributed by atoms with E-state index in [0.717, 1.165) is 12.8 Å². The standard InChI is InChI=1S/C21H29N/c1-4-5-8-20-19(15-18-11-9-16(2)10-12-18)17(3)21(22-20)13-6-7-14-21/h9-12,19H,3-8,13-15H2,1-2H3. The first-order chi connectivity index (χ1) is 10.6. The molecule has 3 rings (SSSR count). The van der Waals surface area contributed by atoms with Crippen LogP contribution >= 0.6 is 0 Å². The van der Waals surface area contributed by atoms with Crippen molar-refractivity contribution >= 4 is 5.71 Å². The summed E-state index contributed by atoms with van der Waals surface area (Å²) in [5.74, 6) is 0.479. The van der Waals surface area contributed by atoms with Crippen molar-refractivity contribution in [2.45, 2.75) is 70.8 Å². The van der Waals surface area contributed by atoms with Gasteiger partial charge in [-0.25, -0.2) is 0 Å². The van der Waals surface area contributed by atoms with Crippen LogP contribution in [0.5, 0.6) is 0 Å². The lowest BCUT2D eigenvalue weighted by atomic mass is 9.80. The molecule has 1 nitrogen and oxygen atoms in total. The fraction of sp³-hybridized carbons (Fsp3) is 0.571. The van der Waals surface area contributed by atoms with Gasteiger partial charge in [-0.15, -0.1) is 0 Å². The molecule has 2 aliphatic rings. The normalized spacial score (nSPS) is 23.3. The minimum Gasteiger partial charge on any atom is -0.282 e. The minimum absolute atomic E-state index is 0.110. The average molecular weight is 295 g/mol. The summed E-state index contributed by atoms with van der Waals surface area (Å²) in [6, 6.07) is 9.00. The third-order valence-corrected chi connectivity index (χ3v) is 5.56. The fourth-order valence-electron chi connectivity index (χ4n) is 4.13. The number of aliphatic imine (C=N–C) groups is 1. The van der Waals surface area contributed by atoms with Gasteiger partial charge in [-0.3, -0.25) is 4.99 Å². The number of unbranched alkanes of at least 4 members (excludes halogenated alkanes) is 1. The number of hydrogen-bond donors (Lipinski definition) is 0. The van der Waals surface area contributed by atoms with Gasteiger partial charge in [0.2, 0.25) is 0 Å². The van der Waals surface area contributed by atoms with Crippen LogP contribution in [0.2, 0.25) is 0 Å². The van der Waals surface area contributed by atoms with Gasteiger partial charge in [0.1, 0.15) is 0 Å². The highest BCUT2D eigenvalue weighted by atomic mass is 14.9. The summed E-state index contributed by atoms with van der Waals surface area (Å²) in [5.41, 5.74) is 5.72. The van der Waals surface area contributed by atoms with Crippen molar-refractivity contribution < 1.29 is 0 Å². The van der Waals surface area contributed by atoms with Gasteiger partial charge in [0.25, 0.3) is 0 Å². The summed E-state index contributed by atoms with van der Waals surface area (Å²) in [6.45, 7) is 8.95. The predicted octanol–water partition coefficient (Wildman–Crippen LogP) is 5.67. The van der Waals surface area contributed by atoms with Crippen LogP contribution in [0.25, 0.3) is 0 Å². The fourth-order valence-corrected chi connectivity index (χ4v) is 4.13. The molecule has 1 aromatic carbocycles. The van der Waals surface area contributed by atoms with Crippen molar-refractivity contribution in [2.24, 2.45) is 10.9 Å². The molecule has 0 saturated heterocycles. The molecule has 22 heavy (non-hydrogen) atoms. The number of nitrogens with zero attached hydrogens (tertiary/aromatic N) is 1. The Labute approximate surface area is 135 Å². The molecule has 1 aliphatic carbocycles. The molecule has 118 valence electrons. The van der Waals surface area contributed by atoms with Gasteiger partial charge in [-0.1, -0.05) is 62.6 Å². The maximum absolute atomic E-state index is 5.25. The number of hydrogen-bond acceptors (Lipinski definition) is 1. The van der Waals surface area contributed by atoms with Crippen molar-refractivity contribution in [2.75, 3.05) is 0 Å². The zero-order chi connectivity index (χ0) is 15.6. The first kappa shape index (κ1) is 15.5. The molecule has 0 aromatic heterocycles. The van der Waals surface area contributed by atoms with Crippen molar-refractivity contribution in [3.05, 3.63) is 47.5 Å². The highest BCUT2D eigenvalue weighted by Crippen LogP contribution is 2.47. The van der Waals surface area contributed by atoms with Gasteiger partial charge in [0.15, 0.2) is 0 Å². The van der Waals surface area contributed by atoms with E-state index in [4.69, 9.17) is 4.99 Å². The zero-order valence-corrected chi connectivity index (χ0v) is 14.2. The Bertz CT molecular complexity index is 558. The highest BCUT2D eigenvalue weighted by molar-refractivity contribution is 5.93. The zero-order valence-electron chi connectivity index (χ0n) is 14.2. The SMILES string of the molecule is C=C1C(Cc2ccc(C)cc2)C(CCCC)=NC12CCCC2. The highest BCUT2D eigenvalue weighted by Gasteiger charge is 2.45. The van der Waals surface area contributed by atoms with Gasteiger partial charge in [0.05, 0.1) is 5.54 Å².